The first-order valence-corrected chi connectivity index (χ1v) is 9.86. The lowest BCUT2D eigenvalue weighted by Crippen LogP contribution is -2.41. The van der Waals surface area contributed by atoms with E-state index in [0.29, 0.717) is 12.6 Å². The third kappa shape index (κ3) is 7.79. The number of sulfonamides is 1. The molecule has 0 radical (unpaired) electrons. The summed E-state index contributed by atoms with van der Waals surface area (Å²) in [5.74, 6) is 1.47. The highest BCUT2D eigenvalue weighted by Crippen LogP contribution is 2.09. The fourth-order valence-electron chi connectivity index (χ4n) is 2.32. The molecule has 4 N–H and O–H groups in total. The van der Waals surface area contributed by atoms with Gasteiger partial charge in [-0.05, 0) is 37.0 Å². The zero-order chi connectivity index (χ0) is 18.2. The molecular formula is C17H30N4O2S. The Hall–Kier alpha value is -1.60. The van der Waals surface area contributed by atoms with Crippen LogP contribution >= 0.6 is 0 Å². The van der Waals surface area contributed by atoms with Gasteiger partial charge in [-0.1, -0.05) is 38.8 Å². The Balaban J connectivity index is 2.46. The minimum atomic E-state index is -3.64. The summed E-state index contributed by atoms with van der Waals surface area (Å²) >= 11 is 0. The predicted octanol–water partition coefficient (Wildman–Crippen LogP) is 2.21. The molecule has 1 rings (SSSR count). The highest BCUT2D eigenvalue weighted by Gasteiger charge is 2.08. The van der Waals surface area contributed by atoms with Crippen molar-refractivity contribution >= 4 is 16.0 Å². The molecule has 0 bridgehead atoms. The van der Waals surface area contributed by atoms with Gasteiger partial charge in [0.1, 0.15) is 0 Å². The van der Waals surface area contributed by atoms with Crippen LogP contribution in [0.5, 0.6) is 0 Å². The molecule has 0 aliphatic rings. The number of nitrogens with one attached hydrogen (secondary N) is 2. The topological polar surface area (TPSA) is 96.6 Å². The van der Waals surface area contributed by atoms with Gasteiger partial charge in [0.05, 0.1) is 4.90 Å². The van der Waals surface area contributed by atoms with Crippen LogP contribution in [0.15, 0.2) is 34.2 Å². The smallest absolute Gasteiger partial charge is 0.238 e. The monoisotopic (exact) mass is 354 g/mol. The van der Waals surface area contributed by atoms with E-state index in [1.807, 2.05) is 0 Å². The summed E-state index contributed by atoms with van der Waals surface area (Å²) in [6, 6.07) is 6.85. The number of aliphatic imine (C=N–C) groups is 1. The normalized spacial score (nSPS) is 13.8. The van der Waals surface area contributed by atoms with E-state index in [-0.39, 0.29) is 4.90 Å². The van der Waals surface area contributed by atoms with Crippen molar-refractivity contribution in [2.45, 2.75) is 57.5 Å². The van der Waals surface area contributed by atoms with Gasteiger partial charge in [-0.3, -0.25) is 4.99 Å². The second kappa shape index (κ2) is 9.64. The van der Waals surface area contributed by atoms with Crippen LogP contribution in [-0.2, 0) is 16.6 Å². The Morgan fingerprint density at radius 3 is 2.29 bits per heavy atom. The first-order valence-electron chi connectivity index (χ1n) is 8.31. The van der Waals surface area contributed by atoms with Crippen molar-refractivity contribution in [2.24, 2.45) is 16.0 Å². The predicted molar refractivity (Wildman–Crippen MR) is 99.3 cm³/mol. The second-order valence-corrected chi connectivity index (χ2v) is 8.05. The number of guanidine groups is 1. The van der Waals surface area contributed by atoms with Crippen LogP contribution in [0.2, 0.25) is 0 Å². The summed E-state index contributed by atoms with van der Waals surface area (Å²) in [6.07, 6.45) is 3.52. The van der Waals surface area contributed by atoms with Crippen molar-refractivity contribution < 1.29 is 8.42 Å². The zero-order valence-corrected chi connectivity index (χ0v) is 15.9. The lowest BCUT2D eigenvalue weighted by molar-refractivity contribution is 0.491. The molecule has 7 heteroatoms. The van der Waals surface area contributed by atoms with E-state index in [4.69, 9.17) is 5.14 Å². The standard InChI is InChI=1S/C17H30N4O2S/c1-13(2)6-5-7-14(3)21-17(19-4)20-12-15-8-10-16(11-9-15)24(18,22)23/h8-11,13-14H,5-7,12H2,1-4H3,(H2,18,22,23)(H2,19,20,21). The Bertz CT molecular complexity index is 624. The molecule has 136 valence electrons. The van der Waals surface area contributed by atoms with Gasteiger partial charge in [0, 0.05) is 19.6 Å². The first-order chi connectivity index (χ1) is 11.2. The van der Waals surface area contributed by atoms with E-state index in [2.05, 4.69) is 36.4 Å². The molecule has 0 saturated heterocycles. The molecule has 1 aromatic carbocycles. The minimum absolute atomic E-state index is 0.118. The van der Waals surface area contributed by atoms with Gasteiger partial charge < -0.3 is 10.6 Å². The molecule has 0 spiro atoms. The molecule has 0 amide bonds. The van der Waals surface area contributed by atoms with Gasteiger partial charge in [-0.2, -0.15) is 0 Å². The summed E-state index contributed by atoms with van der Waals surface area (Å²) < 4.78 is 22.5. The van der Waals surface area contributed by atoms with E-state index in [9.17, 15) is 8.42 Å². The van der Waals surface area contributed by atoms with Gasteiger partial charge in [0.2, 0.25) is 10.0 Å². The number of nitrogens with zero attached hydrogens (tertiary/aromatic N) is 1. The number of benzene rings is 1. The van der Waals surface area contributed by atoms with Crippen LogP contribution in [0, 0.1) is 5.92 Å². The number of nitrogens with two attached hydrogens (primary N) is 1. The second-order valence-electron chi connectivity index (χ2n) is 6.48. The zero-order valence-electron chi connectivity index (χ0n) is 15.0. The Labute approximate surface area is 146 Å². The van der Waals surface area contributed by atoms with E-state index in [1.54, 1.807) is 19.2 Å². The molecule has 1 unspecified atom stereocenters. The summed E-state index contributed by atoms with van der Waals surface area (Å²) in [5.41, 5.74) is 0.956. The van der Waals surface area contributed by atoms with Crippen molar-refractivity contribution in [1.29, 1.82) is 0 Å². The molecule has 6 nitrogen and oxygen atoms in total. The van der Waals surface area contributed by atoms with Gasteiger partial charge in [0.25, 0.3) is 0 Å². The maximum atomic E-state index is 11.2. The van der Waals surface area contributed by atoms with Crippen LogP contribution in [0.3, 0.4) is 0 Å². The Kier molecular flexibility index (Phi) is 8.21. The highest BCUT2D eigenvalue weighted by molar-refractivity contribution is 7.89. The third-order valence-electron chi connectivity index (χ3n) is 3.74. The molecule has 1 aromatic rings. The van der Waals surface area contributed by atoms with E-state index in [1.165, 1.54) is 25.0 Å². The summed E-state index contributed by atoms with van der Waals surface area (Å²) in [5, 5.41) is 11.7. The van der Waals surface area contributed by atoms with Crippen molar-refractivity contribution in [3.8, 4) is 0 Å². The van der Waals surface area contributed by atoms with Crippen molar-refractivity contribution in [1.82, 2.24) is 10.6 Å². The van der Waals surface area contributed by atoms with Crippen LogP contribution in [-0.4, -0.2) is 27.5 Å². The average molecular weight is 355 g/mol. The highest BCUT2D eigenvalue weighted by atomic mass is 32.2. The summed E-state index contributed by atoms with van der Waals surface area (Å²) in [7, 11) is -1.91. The molecule has 0 saturated carbocycles. The van der Waals surface area contributed by atoms with Crippen molar-refractivity contribution in [2.75, 3.05) is 7.05 Å². The largest absolute Gasteiger partial charge is 0.354 e. The van der Waals surface area contributed by atoms with E-state index in [0.717, 1.165) is 23.9 Å². The van der Waals surface area contributed by atoms with E-state index < -0.39 is 10.0 Å². The molecule has 1 atom stereocenters. The number of primary sulfonamides is 1. The maximum absolute atomic E-state index is 11.2. The molecule has 0 fully saturated rings. The molecule has 24 heavy (non-hydrogen) atoms. The average Bonchev–Trinajstić information content (AvgIpc) is 2.50. The molecule has 0 aromatic heterocycles. The molecule has 0 aliphatic heterocycles. The van der Waals surface area contributed by atoms with Crippen LogP contribution in [0.4, 0.5) is 0 Å². The number of rotatable bonds is 8. The van der Waals surface area contributed by atoms with Crippen LogP contribution in [0.1, 0.15) is 45.6 Å². The fraction of sp³-hybridized carbons (Fsp3) is 0.588. The van der Waals surface area contributed by atoms with Gasteiger partial charge in [-0.25, -0.2) is 13.6 Å². The van der Waals surface area contributed by atoms with Gasteiger partial charge in [0.15, 0.2) is 5.96 Å². The van der Waals surface area contributed by atoms with Gasteiger partial charge in [-0.15, -0.1) is 0 Å². The van der Waals surface area contributed by atoms with Crippen molar-refractivity contribution in [3.63, 3.8) is 0 Å². The maximum Gasteiger partial charge on any atom is 0.238 e. The van der Waals surface area contributed by atoms with Gasteiger partial charge >= 0.3 is 0 Å². The van der Waals surface area contributed by atoms with E-state index >= 15 is 0 Å². The fourth-order valence-corrected chi connectivity index (χ4v) is 2.83. The number of hydrogen-bond acceptors (Lipinski definition) is 3. The lowest BCUT2D eigenvalue weighted by atomic mass is 10.0. The Morgan fingerprint density at radius 1 is 1.17 bits per heavy atom. The van der Waals surface area contributed by atoms with Crippen molar-refractivity contribution in [3.05, 3.63) is 29.8 Å². The summed E-state index contributed by atoms with van der Waals surface area (Å²) in [6.45, 7) is 7.18. The third-order valence-corrected chi connectivity index (χ3v) is 4.67. The van der Waals surface area contributed by atoms with Crippen LogP contribution in [0.25, 0.3) is 0 Å². The molecule has 0 aliphatic carbocycles. The molecule has 0 heterocycles. The number of hydrogen-bond donors (Lipinski definition) is 3. The SMILES string of the molecule is CN=C(NCc1ccc(S(N)(=O)=O)cc1)NC(C)CCCC(C)C. The lowest BCUT2D eigenvalue weighted by Gasteiger charge is -2.18. The quantitative estimate of drug-likeness (QED) is 0.492. The first kappa shape index (κ1) is 20.4. The Morgan fingerprint density at radius 2 is 1.79 bits per heavy atom. The molecular weight excluding hydrogens is 324 g/mol. The minimum Gasteiger partial charge on any atom is -0.354 e. The summed E-state index contributed by atoms with van der Waals surface area (Å²) in [4.78, 5) is 4.34. The van der Waals surface area contributed by atoms with Crippen LogP contribution < -0.4 is 15.8 Å².